The molecule has 10 heteroatoms. The Balaban J connectivity index is 1.85. The van der Waals surface area contributed by atoms with E-state index in [0.29, 0.717) is 11.1 Å². The summed E-state index contributed by atoms with van der Waals surface area (Å²) in [6.07, 6.45) is 3.93. The molecule has 0 fully saturated rings. The van der Waals surface area contributed by atoms with Crippen molar-refractivity contribution in [3.05, 3.63) is 86.4 Å². The Hall–Kier alpha value is -3.66. The van der Waals surface area contributed by atoms with Gasteiger partial charge in [-0.25, -0.2) is 9.82 Å². The van der Waals surface area contributed by atoms with Crippen LogP contribution in [-0.4, -0.2) is 31.8 Å². The molecule has 0 radical (unpaired) electrons. The smallest absolute Gasteiger partial charge is 0.271 e. The number of pyridine rings is 1. The van der Waals surface area contributed by atoms with Gasteiger partial charge in [-0.2, -0.15) is 5.10 Å². The lowest BCUT2D eigenvalue weighted by atomic mass is 10.2. The van der Waals surface area contributed by atoms with Crippen LogP contribution in [0.1, 0.15) is 21.5 Å². The highest BCUT2D eigenvalue weighted by molar-refractivity contribution is 7.71. The molecule has 0 spiro atoms. The number of amides is 1. The van der Waals surface area contributed by atoms with Crippen molar-refractivity contribution in [3.8, 4) is 5.88 Å². The first-order chi connectivity index (χ1) is 13.5. The summed E-state index contributed by atoms with van der Waals surface area (Å²) in [4.78, 5) is 30.3. The number of benzene rings is 1. The van der Waals surface area contributed by atoms with E-state index >= 15 is 0 Å². The summed E-state index contributed by atoms with van der Waals surface area (Å²) in [5.41, 5.74) is 2.39. The van der Waals surface area contributed by atoms with Crippen LogP contribution < -0.4 is 11.0 Å². The number of halogens is 1. The van der Waals surface area contributed by atoms with E-state index in [9.17, 15) is 19.1 Å². The number of aromatic amines is 1. The van der Waals surface area contributed by atoms with E-state index in [2.05, 4.69) is 20.5 Å². The molecule has 0 aliphatic carbocycles. The second kappa shape index (κ2) is 8.35. The van der Waals surface area contributed by atoms with Crippen LogP contribution in [0.25, 0.3) is 0 Å². The highest BCUT2D eigenvalue weighted by atomic mass is 32.1. The summed E-state index contributed by atoms with van der Waals surface area (Å²) in [6, 6.07) is 8.61. The van der Waals surface area contributed by atoms with Gasteiger partial charge in [-0.15, -0.1) is 0 Å². The molecule has 3 N–H and O–H groups in total. The SMILES string of the molecule is O=C(N/N=C\c1c(O)n(Cc2ccc(F)cc2)c(=S)[nH]c1=O)c1ccncc1. The third-order valence-corrected chi connectivity index (χ3v) is 4.09. The Morgan fingerprint density at radius 2 is 1.96 bits per heavy atom. The fourth-order valence-corrected chi connectivity index (χ4v) is 2.58. The van der Waals surface area contributed by atoms with Gasteiger partial charge in [0.2, 0.25) is 5.88 Å². The minimum atomic E-state index is -0.667. The third kappa shape index (κ3) is 4.35. The van der Waals surface area contributed by atoms with Crippen molar-refractivity contribution >= 4 is 24.3 Å². The number of rotatable bonds is 5. The maximum atomic E-state index is 13.0. The Labute approximate surface area is 163 Å². The van der Waals surface area contributed by atoms with Crippen molar-refractivity contribution in [1.29, 1.82) is 0 Å². The maximum Gasteiger partial charge on any atom is 0.271 e. The van der Waals surface area contributed by atoms with Gasteiger partial charge in [0, 0.05) is 18.0 Å². The van der Waals surface area contributed by atoms with Crippen LogP contribution in [0.4, 0.5) is 4.39 Å². The van der Waals surface area contributed by atoms with Crippen LogP contribution in [-0.2, 0) is 6.54 Å². The minimum absolute atomic E-state index is 0.00945. The number of H-pyrrole nitrogens is 1. The minimum Gasteiger partial charge on any atom is -0.494 e. The number of carbonyl (C=O) groups excluding carboxylic acids is 1. The van der Waals surface area contributed by atoms with Gasteiger partial charge in [0.1, 0.15) is 11.4 Å². The average molecular weight is 399 g/mol. The van der Waals surface area contributed by atoms with Crippen LogP contribution in [0.3, 0.4) is 0 Å². The van der Waals surface area contributed by atoms with Crippen LogP contribution >= 0.6 is 12.2 Å². The van der Waals surface area contributed by atoms with Crippen LogP contribution in [0, 0.1) is 10.6 Å². The zero-order valence-corrected chi connectivity index (χ0v) is 15.1. The largest absolute Gasteiger partial charge is 0.494 e. The predicted octanol–water partition coefficient (Wildman–Crippen LogP) is 1.96. The summed E-state index contributed by atoms with van der Waals surface area (Å²) >= 11 is 5.08. The summed E-state index contributed by atoms with van der Waals surface area (Å²) in [7, 11) is 0. The van der Waals surface area contributed by atoms with Gasteiger partial charge < -0.3 is 5.11 Å². The van der Waals surface area contributed by atoms with Crippen molar-refractivity contribution in [2.75, 3.05) is 0 Å². The van der Waals surface area contributed by atoms with Crippen LogP contribution in [0.5, 0.6) is 5.88 Å². The molecule has 3 aromatic rings. The van der Waals surface area contributed by atoms with Crippen LogP contribution in [0.15, 0.2) is 58.7 Å². The van der Waals surface area contributed by atoms with Crippen molar-refractivity contribution in [2.24, 2.45) is 5.10 Å². The summed E-state index contributed by atoms with van der Waals surface area (Å²) in [5, 5.41) is 14.1. The molecule has 0 aliphatic rings. The third-order valence-electron chi connectivity index (χ3n) is 3.76. The number of hydrogen-bond donors (Lipinski definition) is 3. The fourth-order valence-electron chi connectivity index (χ4n) is 2.33. The fraction of sp³-hybridized carbons (Fsp3) is 0.0556. The van der Waals surface area contributed by atoms with Gasteiger partial charge in [-0.1, -0.05) is 12.1 Å². The number of aromatic hydroxyl groups is 1. The first-order valence-electron chi connectivity index (χ1n) is 7.99. The average Bonchev–Trinajstić information content (AvgIpc) is 2.69. The molecule has 0 atom stereocenters. The zero-order chi connectivity index (χ0) is 20.1. The van der Waals surface area contributed by atoms with Gasteiger partial charge in [-0.3, -0.25) is 24.1 Å². The van der Waals surface area contributed by atoms with E-state index in [4.69, 9.17) is 12.2 Å². The van der Waals surface area contributed by atoms with Gasteiger partial charge >= 0.3 is 0 Å². The standard InChI is InChI=1S/C18H14FN5O3S/c19-13-3-1-11(2-4-13)10-24-17(27)14(16(26)22-18(24)28)9-21-23-15(25)12-5-7-20-8-6-12/h1-9,27H,10H2,(H,23,25)(H,22,26,28)/b21-9-. The summed E-state index contributed by atoms with van der Waals surface area (Å²) < 4.78 is 14.3. The van der Waals surface area contributed by atoms with Gasteiger partial charge in [0.05, 0.1) is 12.8 Å². The molecule has 28 heavy (non-hydrogen) atoms. The molecule has 8 nitrogen and oxygen atoms in total. The first kappa shape index (κ1) is 19.1. The Morgan fingerprint density at radius 3 is 2.64 bits per heavy atom. The lowest BCUT2D eigenvalue weighted by molar-refractivity contribution is 0.0955. The second-order valence-electron chi connectivity index (χ2n) is 5.64. The second-order valence-corrected chi connectivity index (χ2v) is 6.03. The number of carbonyl (C=O) groups is 1. The highest BCUT2D eigenvalue weighted by Crippen LogP contribution is 2.14. The van der Waals surface area contributed by atoms with E-state index in [1.807, 2.05) is 0 Å². The number of hydrazone groups is 1. The molecule has 142 valence electrons. The number of nitrogens with one attached hydrogen (secondary N) is 2. The molecule has 0 saturated carbocycles. The van der Waals surface area contributed by atoms with E-state index in [1.165, 1.54) is 53.4 Å². The Kier molecular flexibility index (Phi) is 5.70. The topological polar surface area (TPSA) is 112 Å². The molecular weight excluding hydrogens is 385 g/mol. The molecule has 2 heterocycles. The Bertz CT molecular complexity index is 1140. The molecule has 0 aliphatic heterocycles. The van der Waals surface area contributed by atoms with E-state index < -0.39 is 23.2 Å². The summed E-state index contributed by atoms with van der Waals surface area (Å²) in [5.74, 6) is -1.33. The van der Waals surface area contributed by atoms with E-state index in [1.54, 1.807) is 0 Å². The van der Waals surface area contributed by atoms with Gasteiger partial charge in [-0.05, 0) is 42.0 Å². The molecule has 0 saturated heterocycles. The monoisotopic (exact) mass is 399 g/mol. The number of hydrogen-bond acceptors (Lipinski definition) is 6. The molecule has 2 aromatic heterocycles. The molecule has 3 rings (SSSR count). The molecule has 1 amide bonds. The van der Waals surface area contributed by atoms with E-state index in [0.717, 1.165) is 6.21 Å². The van der Waals surface area contributed by atoms with Gasteiger partial charge in [0.15, 0.2) is 4.77 Å². The molecule has 1 aromatic carbocycles. The highest BCUT2D eigenvalue weighted by Gasteiger charge is 2.12. The zero-order valence-electron chi connectivity index (χ0n) is 14.3. The number of nitrogens with zero attached hydrogens (tertiary/aromatic N) is 3. The van der Waals surface area contributed by atoms with E-state index in [-0.39, 0.29) is 16.9 Å². The predicted molar refractivity (Wildman–Crippen MR) is 102 cm³/mol. The van der Waals surface area contributed by atoms with Crippen molar-refractivity contribution in [2.45, 2.75) is 6.54 Å². The van der Waals surface area contributed by atoms with Crippen molar-refractivity contribution in [1.82, 2.24) is 20.0 Å². The lowest BCUT2D eigenvalue weighted by Crippen LogP contribution is -2.21. The maximum absolute atomic E-state index is 13.0. The first-order valence-corrected chi connectivity index (χ1v) is 8.40. The number of aromatic nitrogens is 3. The van der Waals surface area contributed by atoms with Gasteiger partial charge in [0.25, 0.3) is 11.5 Å². The Morgan fingerprint density at radius 1 is 1.29 bits per heavy atom. The normalized spacial score (nSPS) is 10.9. The molecule has 0 bridgehead atoms. The molecule has 0 unspecified atom stereocenters. The molecular formula is C18H14FN5O3S. The van der Waals surface area contributed by atoms with Crippen molar-refractivity contribution < 1.29 is 14.3 Å². The van der Waals surface area contributed by atoms with Crippen LogP contribution in [0.2, 0.25) is 0 Å². The van der Waals surface area contributed by atoms with Crippen molar-refractivity contribution in [3.63, 3.8) is 0 Å². The summed E-state index contributed by atoms with van der Waals surface area (Å²) in [6.45, 7) is 0.103. The quantitative estimate of drug-likeness (QED) is 0.345. The lowest BCUT2D eigenvalue weighted by Gasteiger charge is -2.11.